The second-order valence-corrected chi connectivity index (χ2v) is 8.25. The number of hydrazine groups is 1. The number of amidine groups is 1. The molecule has 0 spiro atoms. The smallest absolute Gasteiger partial charge is 0.245 e. The number of allylic oxidation sites excluding steroid dienone is 2. The van der Waals surface area contributed by atoms with Crippen molar-refractivity contribution in [3.8, 4) is 0 Å². The topological polar surface area (TPSA) is 102 Å². The van der Waals surface area contributed by atoms with Gasteiger partial charge in [0, 0.05) is 42.4 Å². The summed E-state index contributed by atoms with van der Waals surface area (Å²) < 4.78 is 26.9. The van der Waals surface area contributed by atoms with Crippen molar-refractivity contribution in [2.75, 3.05) is 7.05 Å². The minimum atomic E-state index is -2.72. The van der Waals surface area contributed by atoms with Crippen LogP contribution in [0.2, 0.25) is 0 Å². The quantitative estimate of drug-likeness (QED) is 0.246. The lowest BCUT2D eigenvalue weighted by molar-refractivity contribution is 0.00910. The largest absolute Gasteiger partial charge is 0.402 e. The van der Waals surface area contributed by atoms with Gasteiger partial charge in [-0.05, 0) is 71.9 Å². The fourth-order valence-electron chi connectivity index (χ4n) is 4.41. The Kier molecular flexibility index (Phi) is 8.66. The first-order valence-corrected chi connectivity index (χ1v) is 10.5. The van der Waals surface area contributed by atoms with Crippen molar-refractivity contribution >= 4 is 18.8 Å². The zero-order valence-electron chi connectivity index (χ0n) is 18.2. The average molecular weight is 424 g/mol. The first-order valence-electron chi connectivity index (χ1n) is 10.5. The van der Waals surface area contributed by atoms with Crippen LogP contribution in [-0.4, -0.2) is 54.8 Å². The molecule has 0 aromatic rings. The van der Waals surface area contributed by atoms with Crippen LogP contribution >= 0.6 is 0 Å². The van der Waals surface area contributed by atoms with E-state index in [1.165, 1.54) is 6.21 Å². The molecule has 2 heterocycles. The molecule has 2 bridgehead atoms. The van der Waals surface area contributed by atoms with Crippen molar-refractivity contribution in [1.29, 1.82) is 5.41 Å². The molecule has 30 heavy (non-hydrogen) atoms. The van der Waals surface area contributed by atoms with Gasteiger partial charge in [0.05, 0.1) is 0 Å². The van der Waals surface area contributed by atoms with E-state index in [9.17, 15) is 8.78 Å². The summed E-state index contributed by atoms with van der Waals surface area (Å²) in [5, 5.41) is 7.27. The van der Waals surface area contributed by atoms with Gasteiger partial charge in [0.25, 0.3) is 0 Å². The minimum Gasteiger partial charge on any atom is -0.402 e. The highest BCUT2D eigenvalue weighted by Gasteiger charge is 2.42. The molecule has 168 valence electrons. The second-order valence-electron chi connectivity index (χ2n) is 8.25. The van der Waals surface area contributed by atoms with Crippen LogP contribution in [-0.2, 0) is 0 Å². The average Bonchev–Trinajstić information content (AvgIpc) is 2.94. The second kappa shape index (κ2) is 10.8. The number of hydrogen-bond acceptors (Lipinski definition) is 6. The van der Waals surface area contributed by atoms with Crippen LogP contribution in [0.15, 0.2) is 33.7 Å². The number of aliphatic imine (C=N–C) groups is 2. The van der Waals surface area contributed by atoms with Gasteiger partial charge in [-0.1, -0.05) is 0 Å². The molecule has 2 saturated heterocycles. The standard InChI is InChI=1S/C21H35F2N7/c1-14(26-3)28-20(13-16(29-27-4)7-9-21(2,22)23)30-17-5-6-18(30)12-15(11-17)19(25)8-10-24/h8,10,13,15-18,24,27,29H,3,5-7,9,11-12,25H2,1-2,4H3/b19-8-,20-13-,24-10?,28-14-. The highest BCUT2D eigenvalue weighted by Crippen LogP contribution is 2.43. The van der Waals surface area contributed by atoms with E-state index in [2.05, 4.69) is 32.5 Å². The monoisotopic (exact) mass is 423 g/mol. The molecule has 0 aromatic heterocycles. The number of hydrogen-bond donors (Lipinski definition) is 4. The van der Waals surface area contributed by atoms with Gasteiger partial charge >= 0.3 is 0 Å². The van der Waals surface area contributed by atoms with Crippen LogP contribution in [0.1, 0.15) is 52.4 Å². The van der Waals surface area contributed by atoms with Crippen molar-refractivity contribution in [3.63, 3.8) is 0 Å². The number of nitrogens with zero attached hydrogens (tertiary/aromatic N) is 3. The normalized spacial score (nSPS) is 26.6. The maximum Gasteiger partial charge on any atom is 0.245 e. The molecular weight excluding hydrogens is 388 g/mol. The Labute approximate surface area is 178 Å². The molecule has 9 heteroatoms. The number of piperidine rings is 1. The number of halogens is 2. The number of rotatable bonds is 10. The summed E-state index contributed by atoms with van der Waals surface area (Å²) in [7, 11) is 1.72. The molecule has 2 aliphatic heterocycles. The molecule has 0 amide bonds. The van der Waals surface area contributed by atoms with Crippen molar-refractivity contribution in [2.24, 2.45) is 21.6 Å². The summed E-state index contributed by atoms with van der Waals surface area (Å²) >= 11 is 0. The Hall–Kier alpha value is -2.13. The van der Waals surface area contributed by atoms with Crippen LogP contribution in [0.3, 0.4) is 0 Å². The fraction of sp³-hybridized carbons (Fsp3) is 0.667. The lowest BCUT2D eigenvalue weighted by atomic mass is 9.88. The van der Waals surface area contributed by atoms with E-state index in [1.54, 1.807) is 20.0 Å². The molecule has 0 saturated carbocycles. The van der Waals surface area contributed by atoms with Crippen molar-refractivity contribution in [3.05, 3.63) is 23.7 Å². The summed E-state index contributed by atoms with van der Waals surface area (Å²) in [5.41, 5.74) is 12.8. The molecule has 3 unspecified atom stereocenters. The summed E-state index contributed by atoms with van der Waals surface area (Å²) in [5.74, 6) is -1.20. The Morgan fingerprint density at radius 3 is 2.50 bits per heavy atom. The van der Waals surface area contributed by atoms with E-state index < -0.39 is 5.92 Å². The van der Waals surface area contributed by atoms with Gasteiger partial charge in [-0.2, -0.15) is 0 Å². The molecule has 0 aliphatic carbocycles. The van der Waals surface area contributed by atoms with E-state index in [4.69, 9.17) is 11.1 Å². The van der Waals surface area contributed by atoms with Gasteiger partial charge in [0.15, 0.2) is 0 Å². The van der Waals surface area contributed by atoms with E-state index in [-0.39, 0.29) is 36.9 Å². The number of nitrogens with two attached hydrogens (primary N) is 1. The summed E-state index contributed by atoms with van der Waals surface area (Å²) in [6.07, 6.45) is 8.69. The maximum atomic E-state index is 13.4. The summed E-state index contributed by atoms with van der Waals surface area (Å²) in [4.78, 5) is 10.9. The molecule has 7 nitrogen and oxygen atoms in total. The van der Waals surface area contributed by atoms with Crippen molar-refractivity contribution < 1.29 is 8.78 Å². The third-order valence-electron chi connectivity index (χ3n) is 5.82. The van der Waals surface area contributed by atoms with E-state index in [1.807, 2.05) is 6.08 Å². The number of alkyl halides is 2. The zero-order valence-corrected chi connectivity index (χ0v) is 18.2. The molecule has 2 aliphatic rings. The first kappa shape index (κ1) is 24.1. The van der Waals surface area contributed by atoms with Gasteiger partial charge in [-0.3, -0.25) is 10.9 Å². The molecule has 5 N–H and O–H groups in total. The Morgan fingerprint density at radius 2 is 2.00 bits per heavy atom. The predicted molar refractivity (Wildman–Crippen MR) is 119 cm³/mol. The van der Waals surface area contributed by atoms with Crippen LogP contribution in [0, 0.1) is 11.3 Å². The molecule has 0 radical (unpaired) electrons. The highest BCUT2D eigenvalue weighted by molar-refractivity contribution is 5.84. The molecule has 2 rings (SSSR count). The van der Waals surface area contributed by atoms with Gasteiger partial charge in [0.1, 0.15) is 11.7 Å². The van der Waals surface area contributed by atoms with Gasteiger partial charge in [0.2, 0.25) is 5.92 Å². The van der Waals surface area contributed by atoms with Crippen LogP contribution < -0.4 is 16.6 Å². The number of fused-ring (bicyclic) bond motifs is 2. The third-order valence-corrected chi connectivity index (χ3v) is 5.82. The summed E-state index contributed by atoms with van der Waals surface area (Å²) in [6.45, 7) is 6.27. The van der Waals surface area contributed by atoms with E-state index in [0.29, 0.717) is 5.84 Å². The fourth-order valence-corrected chi connectivity index (χ4v) is 4.41. The van der Waals surface area contributed by atoms with Gasteiger partial charge in [-0.15, -0.1) is 0 Å². The zero-order chi connectivity index (χ0) is 22.3. The molecule has 2 fully saturated rings. The predicted octanol–water partition coefficient (Wildman–Crippen LogP) is 3.21. The highest BCUT2D eigenvalue weighted by atomic mass is 19.3. The number of nitrogens with one attached hydrogen (secondary N) is 3. The Balaban J connectivity index is 2.30. The van der Waals surface area contributed by atoms with Gasteiger partial charge in [-0.25, -0.2) is 18.8 Å². The molecule has 3 atom stereocenters. The third kappa shape index (κ3) is 6.70. The van der Waals surface area contributed by atoms with E-state index in [0.717, 1.165) is 44.1 Å². The first-order chi connectivity index (χ1) is 14.2. The van der Waals surface area contributed by atoms with Gasteiger partial charge < -0.3 is 16.0 Å². The van der Waals surface area contributed by atoms with Crippen LogP contribution in [0.25, 0.3) is 0 Å². The van der Waals surface area contributed by atoms with Crippen molar-refractivity contribution in [1.82, 2.24) is 15.8 Å². The lowest BCUT2D eigenvalue weighted by Gasteiger charge is -2.41. The molecule has 0 aromatic carbocycles. The molecular formula is C21H35F2N7. The Bertz CT molecular complexity index is 682. The van der Waals surface area contributed by atoms with Crippen LogP contribution in [0.5, 0.6) is 0 Å². The van der Waals surface area contributed by atoms with Crippen molar-refractivity contribution in [2.45, 2.75) is 76.4 Å². The van der Waals surface area contributed by atoms with Crippen LogP contribution in [0.4, 0.5) is 8.78 Å². The van der Waals surface area contributed by atoms with E-state index >= 15 is 0 Å². The lowest BCUT2D eigenvalue weighted by Crippen LogP contribution is -2.44. The maximum absolute atomic E-state index is 13.4. The minimum absolute atomic E-state index is 0.224. The summed E-state index contributed by atoms with van der Waals surface area (Å²) in [6, 6.07) is 0.223. The SMILES string of the molecule is C=N/C(C)=N\C(=C\C(CCC(C)(F)F)NNC)N1C2CCC1CC(/C(N)=C/C=N)C2. The Morgan fingerprint density at radius 1 is 1.37 bits per heavy atom.